The second-order valence-corrected chi connectivity index (χ2v) is 8.35. The number of benzene rings is 1. The normalized spacial score (nSPS) is 22.8. The molecule has 1 aliphatic heterocycles. The van der Waals surface area contributed by atoms with Crippen molar-refractivity contribution in [2.45, 2.75) is 43.7 Å². The lowest BCUT2D eigenvalue weighted by Crippen LogP contribution is -2.42. The van der Waals surface area contributed by atoms with Crippen LogP contribution in [0.25, 0.3) is 10.2 Å². The van der Waals surface area contributed by atoms with Gasteiger partial charge in [-0.2, -0.15) is 0 Å². The average Bonchev–Trinajstić information content (AvgIpc) is 3.09. The van der Waals surface area contributed by atoms with E-state index in [2.05, 4.69) is 20.3 Å². The van der Waals surface area contributed by atoms with Gasteiger partial charge in [-0.25, -0.2) is 14.4 Å². The fourth-order valence-electron chi connectivity index (χ4n) is 3.75. The number of hydrogen-bond acceptors (Lipinski definition) is 7. The molecule has 0 radical (unpaired) electrons. The van der Waals surface area contributed by atoms with Crippen LogP contribution in [0.4, 0.5) is 9.52 Å². The van der Waals surface area contributed by atoms with Crippen LogP contribution in [0.2, 0.25) is 0 Å². The van der Waals surface area contributed by atoms with Gasteiger partial charge in [-0.1, -0.05) is 11.3 Å². The van der Waals surface area contributed by atoms with Crippen molar-refractivity contribution in [1.29, 1.82) is 0 Å². The van der Waals surface area contributed by atoms with Crippen LogP contribution in [-0.2, 0) is 4.74 Å². The van der Waals surface area contributed by atoms with E-state index in [0.717, 1.165) is 59.9 Å². The molecular weight excluding hydrogens is 379 g/mol. The van der Waals surface area contributed by atoms with E-state index in [9.17, 15) is 4.39 Å². The Kier molecular flexibility index (Phi) is 4.82. The molecular formula is C20H21FN4O2S. The highest BCUT2D eigenvalue weighted by Crippen LogP contribution is 2.35. The van der Waals surface area contributed by atoms with Gasteiger partial charge in [0.2, 0.25) is 5.88 Å². The van der Waals surface area contributed by atoms with Gasteiger partial charge in [0.15, 0.2) is 5.13 Å². The van der Waals surface area contributed by atoms with Crippen molar-refractivity contribution in [3.05, 3.63) is 42.1 Å². The smallest absolute Gasteiger partial charge is 0.236 e. The summed E-state index contributed by atoms with van der Waals surface area (Å²) in [6.07, 6.45) is 7.23. The molecule has 8 heteroatoms. The molecule has 2 aliphatic rings. The fraction of sp³-hybridized carbons (Fsp3) is 0.450. The Bertz CT molecular complexity index is 970. The number of thiazole rings is 1. The average molecular weight is 400 g/mol. The summed E-state index contributed by atoms with van der Waals surface area (Å²) in [6.45, 7) is 1.53. The van der Waals surface area contributed by atoms with Crippen LogP contribution in [0, 0.1) is 5.82 Å². The first kappa shape index (κ1) is 17.8. The van der Waals surface area contributed by atoms with Crippen LogP contribution in [0.3, 0.4) is 0 Å². The van der Waals surface area contributed by atoms with Crippen molar-refractivity contribution in [2.24, 2.45) is 0 Å². The molecule has 1 saturated carbocycles. The third-order valence-corrected chi connectivity index (χ3v) is 6.30. The van der Waals surface area contributed by atoms with Crippen molar-refractivity contribution >= 4 is 26.7 Å². The molecule has 0 spiro atoms. The molecule has 1 N–H and O–H groups in total. The summed E-state index contributed by atoms with van der Waals surface area (Å²) < 4.78 is 25.8. The first-order valence-corrected chi connectivity index (χ1v) is 10.4. The van der Waals surface area contributed by atoms with Crippen LogP contribution < -0.4 is 10.1 Å². The van der Waals surface area contributed by atoms with Gasteiger partial charge in [0.1, 0.15) is 17.6 Å². The quantitative estimate of drug-likeness (QED) is 0.694. The second kappa shape index (κ2) is 7.60. The number of nitrogens with one attached hydrogen (secondary N) is 1. The first-order chi connectivity index (χ1) is 13.7. The number of hydrogen-bond donors (Lipinski definition) is 1. The number of nitrogens with zero attached hydrogens (tertiary/aromatic N) is 3. The molecule has 6 nitrogen and oxygen atoms in total. The van der Waals surface area contributed by atoms with E-state index in [1.807, 2.05) is 0 Å². The van der Waals surface area contributed by atoms with Crippen LogP contribution in [0.15, 0.2) is 30.6 Å². The number of ether oxygens (including phenoxy) is 2. The highest BCUT2D eigenvalue weighted by molar-refractivity contribution is 7.22. The second-order valence-electron chi connectivity index (χ2n) is 7.32. The molecule has 28 heavy (non-hydrogen) atoms. The molecule has 2 fully saturated rings. The fourth-order valence-corrected chi connectivity index (χ4v) is 4.72. The molecule has 1 aliphatic carbocycles. The van der Waals surface area contributed by atoms with Gasteiger partial charge in [0, 0.05) is 50.4 Å². The van der Waals surface area contributed by atoms with Crippen molar-refractivity contribution in [3.8, 4) is 5.88 Å². The summed E-state index contributed by atoms with van der Waals surface area (Å²) in [4.78, 5) is 13.5. The standard InChI is InChI=1S/C20H21FN4O2S/c21-13-1-2-16-17(9-13)28-20(25-16)24-14-10-15(11-14)27-19-18(22-5-6-23-19)12-3-7-26-8-4-12/h1-2,5-6,9,12,14-15H,3-4,7-8,10-11H2,(H,24,25)/t14-,15-. The van der Waals surface area contributed by atoms with E-state index in [0.29, 0.717) is 17.8 Å². The zero-order chi connectivity index (χ0) is 18.9. The maximum Gasteiger partial charge on any atom is 0.236 e. The van der Waals surface area contributed by atoms with Crippen molar-refractivity contribution in [2.75, 3.05) is 18.5 Å². The molecule has 5 rings (SSSR count). The zero-order valence-electron chi connectivity index (χ0n) is 15.3. The number of anilines is 1. The molecule has 3 heterocycles. The number of fused-ring (bicyclic) bond motifs is 1. The predicted molar refractivity (Wildman–Crippen MR) is 105 cm³/mol. The highest BCUT2D eigenvalue weighted by atomic mass is 32.1. The zero-order valence-corrected chi connectivity index (χ0v) is 16.1. The van der Waals surface area contributed by atoms with Crippen LogP contribution in [-0.4, -0.2) is 40.3 Å². The molecule has 1 saturated heterocycles. The Balaban J connectivity index is 1.19. The lowest BCUT2D eigenvalue weighted by Gasteiger charge is -2.36. The van der Waals surface area contributed by atoms with Gasteiger partial charge in [0.25, 0.3) is 0 Å². The highest BCUT2D eigenvalue weighted by Gasteiger charge is 2.33. The summed E-state index contributed by atoms with van der Waals surface area (Å²) in [7, 11) is 0. The summed E-state index contributed by atoms with van der Waals surface area (Å²) in [5.74, 6) is 0.784. The Labute approximate surface area is 166 Å². The first-order valence-electron chi connectivity index (χ1n) is 9.62. The van der Waals surface area contributed by atoms with Gasteiger partial charge in [-0.05, 0) is 31.0 Å². The summed E-state index contributed by atoms with van der Waals surface area (Å²) in [6, 6.07) is 4.98. The Morgan fingerprint density at radius 2 is 1.96 bits per heavy atom. The number of aromatic nitrogens is 3. The van der Waals surface area contributed by atoms with Crippen molar-refractivity contribution in [3.63, 3.8) is 0 Å². The molecule has 0 amide bonds. The minimum absolute atomic E-state index is 0.125. The van der Waals surface area contributed by atoms with Crippen molar-refractivity contribution in [1.82, 2.24) is 15.0 Å². The largest absolute Gasteiger partial charge is 0.473 e. The van der Waals surface area contributed by atoms with Gasteiger partial charge in [-0.15, -0.1) is 0 Å². The Morgan fingerprint density at radius 3 is 2.82 bits per heavy atom. The monoisotopic (exact) mass is 400 g/mol. The SMILES string of the molecule is Fc1ccc2nc(N[C@H]3C[C@H](Oc4nccnc4C4CCOCC4)C3)sc2c1. The summed E-state index contributed by atoms with van der Waals surface area (Å²) >= 11 is 1.48. The minimum Gasteiger partial charge on any atom is -0.473 e. The Hall–Kier alpha value is -2.32. The molecule has 3 aromatic rings. The topological polar surface area (TPSA) is 69.2 Å². The van der Waals surface area contributed by atoms with Crippen LogP contribution in [0.5, 0.6) is 5.88 Å². The minimum atomic E-state index is -0.232. The summed E-state index contributed by atoms with van der Waals surface area (Å²) in [5, 5.41) is 4.26. The van der Waals surface area contributed by atoms with Crippen molar-refractivity contribution < 1.29 is 13.9 Å². The molecule has 2 aromatic heterocycles. The van der Waals surface area contributed by atoms with E-state index < -0.39 is 0 Å². The maximum absolute atomic E-state index is 13.3. The molecule has 0 bridgehead atoms. The molecule has 0 unspecified atom stereocenters. The van der Waals surface area contributed by atoms with Gasteiger partial charge in [0.05, 0.1) is 10.2 Å². The number of rotatable bonds is 5. The van der Waals surface area contributed by atoms with Crippen LogP contribution >= 0.6 is 11.3 Å². The van der Waals surface area contributed by atoms with E-state index in [1.54, 1.807) is 18.5 Å². The van der Waals surface area contributed by atoms with Gasteiger partial charge >= 0.3 is 0 Å². The lowest BCUT2D eigenvalue weighted by atomic mass is 9.89. The van der Waals surface area contributed by atoms with E-state index >= 15 is 0 Å². The van der Waals surface area contributed by atoms with E-state index in [1.165, 1.54) is 23.5 Å². The maximum atomic E-state index is 13.3. The third kappa shape index (κ3) is 3.66. The molecule has 146 valence electrons. The molecule has 0 atom stereocenters. The van der Waals surface area contributed by atoms with Gasteiger partial charge in [-0.3, -0.25) is 4.98 Å². The van der Waals surface area contributed by atoms with E-state index in [4.69, 9.17) is 9.47 Å². The third-order valence-electron chi connectivity index (χ3n) is 5.35. The lowest BCUT2D eigenvalue weighted by molar-refractivity contribution is 0.0780. The Morgan fingerprint density at radius 1 is 1.14 bits per heavy atom. The van der Waals surface area contributed by atoms with Crippen LogP contribution in [0.1, 0.15) is 37.3 Å². The summed E-state index contributed by atoms with van der Waals surface area (Å²) in [5.41, 5.74) is 1.78. The van der Waals surface area contributed by atoms with E-state index in [-0.39, 0.29) is 11.9 Å². The predicted octanol–water partition coefficient (Wildman–Crippen LogP) is 4.14. The number of halogens is 1. The molecule has 1 aromatic carbocycles. The van der Waals surface area contributed by atoms with Gasteiger partial charge < -0.3 is 14.8 Å².